The summed E-state index contributed by atoms with van der Waals surface area (Å²) in [7, 11) is 0. The third-order valence-electron chi connectivity index (χ3n) is 3.45. The highest BCUT2D eigenvalue weighted by atomic mass is 79.9. The summed E-state index contributed by atoms with van der Waals surface area (Å²) in [5, 5.41) is 11.6. The van der Waals surface area contributed by atoms with Gasteiger partial charge in [0.2, 0.25) is 5.75 Å². The largest absolute Gasteiger partial charge is 0.484 e. The highest BCUT2D eigenvalue weighted by molar-refractivity contribution is 9.09. The standard InChI is InChI=1S/C13H17BrFNO3/c1-3-13(4-2,8-14)9-19-12-10(15)6-5-7-11(12)16(17)18/h5-7H,3-4,8-9H2,1-2H3. The third kappa shape index (κ3) is 3.65. The fraction of sp³-hybridized carbons (Fsp3) is 0.538. The van der Waals surface area contributed by atoms with Crippen molar-refractivity contribution in [2.75, 3.05) is 11.9 Å². The zero-order valence-electron chi connectivity index (χ0n) is 11.0. The molecule has 0 aromatic heterocycles. The number of nitro benzene ring substituents is 1. The summed E-state index contributed by atoms with van der Waals surface area (Å²) in [5.74, 6) is -0.982. The average molecular weight is 334 g/mol. The first-order valence-corrected chi connectivity index (χ1v) is 7.23. The van der Waals surface area contributed by atoms with Crippen LogP contribution >= 0.6 is 15.9 Å². The number of nitro groups is 1. The van der Waals surface area contributed by atoms with E-state index in [0.29, 0.717) is 5.33 Å². The lowest BCUT2D eigenvalue weighted by atomic mass is 9.86. The van der Waals surface area contributed by atoms with Crippen LogP contribution in [0.15, 0.2) is 18.2 Å². The van der Waals surface area contributed by atoms with Crippen molar-refractivity contribution < 1.29 is 14.1 Å². The summed E-state index contributed by atoms with van der Waals surface area (Å²) < 4.78 is 19.1. The molecule has 0 fully saturated rings. The van der Waals surface area contributed by atoms with E-state index in [1.54, 1.807) is 0 Å². The summed E-state index contributed by atoms with van der Waals surface area (Å²) in [6.07, 6.45) is 1.69. The number of benzene rings is 1. The highest BCUT2D eigenvalue weighted by Gasteiger charge is 2.28. The second-order valence-corrected chi connectivity index (χ2v) is 5.04. The quantitative estimate of drug-likeness (QED) is 0.424. The lowest BCUT2D eigenvalue weighted by Crippen LogP contribution is -2.29. The minimum absolute atomic E-state index is 0.143. The zero-order valence-corrected chi connectivity index (χ0v) is 12.6. The van der Waals surface area contributed by atoms with Crippen LogP contribution in [0.25, 0.3) is 0 Å². The molecule has 0 bridgehead atoms. The van der Waals surface area contributed by atoms with E-state index in [1.165, 1.54) is 12.1 Å². The monoisotopic (exact) mass is 333 g/mol. The van der Waals surface area contributed by atoms with Crippen molar-refractivity contribution in [3.63, 3.8) is 0 Å². The second-order valence-electron chi connectivity index (χ2n) is 4.47. The van der Waals surface area contributed by atoms with Crippen LogP contribution in [-0.2, 0) is 0 Å². The molecule has 1 aromatic carbocycles. The van der Waals surface area contributed by atoms with Crippen molar-refractivity contribution in [2.24, 2.45) is 5.41 Å². The first-order valence-electron chi connectivity index (χ1n) is 6.11. The molecule has 0 aliphatic heterocycles. The van der Waals surface area contributed by atoms with Crippen LogP contribution in [0.3, 0.4) is 0 Å². The molecule has 6 heteroatoms. The van der Waals surface area contributed by atoms with Gasteiger partial charge < -0.3 is 4.74 Å². The zero-order chi connectivity index (χ0) is 14.5. The molecule has 106 valence electrons. The van der Waals surface area contributed by atoms with Crippen LogP contribution in [-0.4, -0.2) is 16.9 Å². The SMILES string of the molecule is CCC(CC)(CBr)COc1c(F)cccc1[N+](=O)[O-]. The lowest BCUT2D eigenvalue weighted by Gasteiger charge is -2.29. The molecule has 0 heterocycles. The third-order valence-corrected chi connectivity index (χ3v) is 4.64. The van der Waals surface area contributed by atoms with Gasteiger partial charge in [-0.05, 0) is 18.9 Å². The Kier molecular flexibility index (Phi) is 5.72. The van der Waals surface area contributed by atoms with Crippen molar-refractivity contribution in [2.45, 2.75) is 26.7 Å². The number of alkyl halides is 1. The molecule has 4 nitrogen and oxygen atoms in total. The molecular formula is C13H17BrFNO3. The van der Waals surface area contributed by atoms with Gasteiger partial charge in [0, 0.05) is 16.8 Å². The van der Waals surface area contributed by atoms with Gasteiger partial charge in [-0.2, -0.15) is 0 Å². The molecule has 0 aliphatic rings. The first-order chi connectivity index (χ1) is 8.99. The molecular weight excluding hydrogens is 317 g/mol. The number of rotatable bonds is 7. The molecule has 0 spiro atoms. The van der Waals surface area contributed by atoms with Gasteiger partial charge in [-0.15, -0.1) is 0 Å². The lowest BCUT2D eigenvalue weighted by molar-refractivity contribution is -0.386. The van der Waals surface area contributed by atoms with E-state index in [-0.39, 0.29) is 23.5 Å². The Morgan fingerprint density at radius 1 is 1.42 bits per heavy atom. The second kappa shape index (κ2) is 6.84. The van der Waals surface area contributed by atoms with E-state index in [2.05, 4.69) is 15.9 Å². The van der Waals surface area contributed by atoms with Crippen LogP contribution in [0.1, 0.15) is 26.7 Å². The maximum atomic E-state index is 13.7. The van der Waals surface area contributed by atoms with Crippen LogP contribution in [0.5, 0.6) is 5.75 Å². The molecule has 0 saturated carbocycles. The number of nitrogens with zero attached hydrogens (tertiary/aromatic N) is 1. The van der Waals surface area contributed by atoms with E-state index >= 15 is 0 Å². The predicted octanol–water partition coefficient (Wildman–Crippen LogP) is 4.31. The fourth-order valence-electron chi connectivity index (χ4n) is 1.69. The summed E-state index contributed by atoms with van der Waals surface area (Å²) in [6.45, 7) is 4.28. The molecule has 0 aliphatic carbocycles. The Morgan fingerprint density at radius 3 is 2.53 bits per heavy atom. The molecule has 0 radical (unpaired) electrons. The average Bonchev–Trinajstić information content (AvgIpc) is 2.42. The molecule has 0 N–H and O–H groups in total. The summed E-state index contributed by atoms with van der Waals surface area (Å²) in [4.78, 5) is 10.2. The Labute approximate surface area is 120 Å². The van der Waals surface area contributed by atoms with E-state index in [4.69, 9.17) is 4.74 Å². The summed E-state index contributed by atoms with van der Waals surface area (Å²) >= 11 is 3.43. The smallest absolute Gasteiger partial charge is 0.314 e. The van der Waals surface area contributed by atoms with Gasteiger partial charge in [0.15, 0.2) is 5.82 Å². The Bertz CT molecular complexity index is 441. The molecule has 0 atom stereocenters. The Morgan fingerprint density at radius 2 is 2.05 bits per heavy atom. The van der Waals surface area contributed by atoms with Gasteiger partial charge in [0.05, 0.1) is 11.5 Å². The van der Waals surface area contributed by atoms with E-state index in [1.807, 2.05) is 13.8 Å². The van der Waals surface area contributed by atoms with Gasteiger partial charge in [-0.3, -0.25) is 10.1 Å². The van der Waals surface area contributed by atoms with Gasteiger partial charge >= 0.3 is 5.69 Å². The van der Waals surface area contributed by atoms with Gasteiger partial charge in [-0.25, -0.2) is 4.39 Å². The normalized spacial score (nSPS) is 11.4. The highest BCUT2D eigenvalue weighted by Crippen LogP contribution is 2.34. The Balaban J connectivity index is 2.97. The summed E-state index contributed by atoms with van der Waals surface area (Å²) in [5.41, 5.74) is -0.480. The van der Waals surface area contributed by atoms with Crippen molar-refractivity contribution >= 4 is 21.6 Å². The van der Waals surface area contributed by atoms with Crippen LogP contribution in [0.2, 0.25) is 0 Å². The maximum absolute atomic E-state index is 13.7. The van der Waals surface area contributed by atoms with Crippen molar-refractivity contribution in [3.8, 4) is 5.75 Å². The van der Waals surface area contributed by atoms with E-state index in [0.717, 1.165) is 18.9 Å². The van der Waals surface area contributed by atoms with Gasteiger partial charge in [-0.1, -0.05) is 35.8 Å². The molecule has 0 saturated heterocycles. The fourth-order valence-corrected chi connectivity index (χ4v) is 2.65. The maximum Gasteiger partial charge on any atom is 0.314 e. The molecule has 0 unspecified atom stereocenters. The van der Waals surface area contributed by atoms with Crippen molar-refractivity contribution in [1.82, 2.24) is 0 Å². The first kappa shape index (κ1) is 15.9. The number of hydrogen-bond acceptors (Lipinski definition) is 3. The minimum Gasteiger partial charge on any atom is -0.484 e. The number of halogens is 2. The van der Waals surface area contributed by atoms with Crippen LogP contribution < -0.4 is 4.74 Å². The Hall–Kier alpha value is -1.17. The molecule has 1 rings (SSSR count). The number of ether oxygens (including phenoxy) is 1. The van der Waals surface area contributed by atoms with Crippen LogP contribution in [0.4, 0.5) is 10.1 Å². The van der Waals surface area contributed by atoms with Crippen LogP contribution in [0, 0.1) is 21.3 Å². The number of hydrogen-bond donors (Lipinski definition) is 0. The van der Waals surface area contributed by atoms with E-state index in [9.17, 15) is 14.5 Å². The number of para-hydroxylation sites is 1. The van der Waals surface area contributed by atoms with Gasteiger partial charge in [0.1, 0.15) is 0 Å². The van der Waals surface area contributed by atoms with Crippen molar-refractivity contribution in [1.29, 1.82) is 0 Å². The molecule has 19 heavy (non-hydrogen) atoms. The minimum atomic E-state index is -0.704. The predicted molar refractivity (Wildman–Crippen MR) is 75.4 cm³/mol. The molecule has 1 aromatic rings. The van der Waals surface area contributed by atoms with E-state index < -0.39 is 10.7 Å². The van der Waals surface area contributed by atoms with Crippen molar-refractivity contribution in [3.05, 3.63) is 34.1 Å². The topological polar surface area (TPSA) is 52.4 Å². The summed E-state index contributed by atoms with van der Waals surface area (Å²) in [6, 6.07) is 3.71. The molecule has 0 amide bonds. The van der Waals surface area contributed by atoms with Gasteiger partial charge in [0.25, 0.3) is 0 Å².